The first-order valence-corrected chi connectivity index (χ1v) is 10.3. The molecule has 2 aromatic carbocycles. The van der Waals surface area contributed by atoms with Crippen LogP contribution in [0.3, 0.4) is 0 Å². The summed E-state index contributed by atoms with van der Waals surface area (Å²) in [6, 6.07) is 10.1. The number of Topliss-reactive ketones (excluding diaryl/α,β-unsaturated/α-hetero) is 1. The molecule has 2 amide bonds. The Bertz CT molecular complexity index is 1060. The normalized spacial score (nSPS) is 11.9. The monoisotopic (exact) mass is 434 g/mol. The average Bonchev–Trinajstić information content (AvgIpc) is 2.69. The van der Waals surface area contributed by atoms with Crippen molar-refractivity contribution in [2.75, 3.05) is 24.9 Å². The predicted octanol–water partition coefficient (Wildman–Crippen LogP) is 3.46. The smallest absolute Gasteiger partial charge is 0.411 e. The lowest BCUT2D eigenvalue weighted by molar-refractivity contribution is -0.116. The van der Waals surface area contributed by atoms with Crippen molar-refractivity contribution in [1.29, 1.82) is 0 Å². The Morgan fingerprint density at radius 2 is 1.47 bits per heavy atom. The van der Waals surface area contributed by atoms with Crippen LogP contribution in [0, 0.1) is 6.92 Å². The molecular weight excluding hydrogens is 412 g/mol. The minimum Gasteiger partial charge on any atom is -0.453 e. The molecule has 1 unspecified atom stereocenters. The molecule has 2 aromatic rings. The number of carbonyl (C=O) groups excluding carboxylic acids is 3. The van der Waals surface area contributed by atoms with Crippen molar-refractivity contribution in [3.63, 3.8) is 0 Å². The molecule has 0 spiro atoms. The molecule has 0 heterocycles. The molecule has 0 saturated carbocycles. The molecule has 0 bridgehead atoms. The number of aryl methyl sites for hydroxylation is 1. The van der Waals surface area contributed by atoms with Crippen molar-refractivity contribution < 1.29 is 32.3 Å². The van der Waals surface area contributed by atoms with Crippen molar-refractivity contribution in [3.8, 4) is 0 Å². The van der Waals surface area contributed by atoms with Gasteiger partial charge in [-0.25, -0.2) is 18.0 Å². The Kier molecular flexibility index (Phi) is 7.17. The molecule has 0 aliphatic carbocycles. The molecular formula is C20H22N2O7S. The summed E-state index contributed by atoms with van der Waals surface area (Å²) in [5.41, 5.74) is 1.05. The number of ether oxygens (including phenoxy) is 2. The van der Waals surface area contributed by atoms with Crippen LogP contribution in [-0.4, -0.2) is 40.6 Å². The summed E-state index contributed by atoms with van der Waals surface area (Å²) < 4.78 is 35.7. The summed E-state index contributed by atoms with van der Waals surface area (Å²) in [4.78, 5) is 35.7. The lowest BCUT2D eigenvalue weighted by Gasteiger charge is -2.20. The third kappa shape index (κ3) is 5.15. The SMILES string of the molecule is COC(=O)Nc1ccc(NC(=O)OC)c(C(C(C)=O)S(=O)(=O)c2ccc(C)cc2)c1. The van der Waals surface area contributed by atoms with Crippen LogP contribution in [0.5, 0.6) is 0 Å². The van der Waals surface area contributed by atoms with Crippen LogP contribution in [0.2, 0.25) is 0 Å². The van der Waals surface area contributed by atoms with Crippen LogP contribution in [0.15, 0.2) is 47.4 Å². The van der Waals surface area contributed by atoms with Crippen molar-refractivity contribution in [2.45, 2.75) is 24.0 Å². The van der Waals surface area contributed by atoms with Gasteiger partial charge in [0.25, 0.3) is 0 Å². The van der Waals surface area contributed by atoms with Gasteiger partial charge in [0.1, 0.15) is 0 Å². The molecule has 0 aromatic heterocycles. The number of anilines is 2. The Morgan fingerprint density at radius 1 is 0.900 bits per heavy atom. The van der Waals surface area contributed by atoms with Gasteiger partial charge in [-0.1, -0.05) is 17.7 Å². The zero-order valence-electron chi connectivity index (χ0n) is 16.9. The first-order valence-electron chi connectivity index (χ1n) is 8.75. The van der Waals surface area contributed by atoms with Crippen molar-refractivity contribution >= 4 is 39.2 Å². The number of ketones is 1. The number of amides is 2. The average molecular weight is 434 g/mol. The lowest BCUT2D eigenvalue weighted by Crippen LogP contribution is -2.23. The summed E-state index contributed by atoms with van der Waals surface area (Å²) in [5.74, 6) is -0.668. The van der Waals surface area contributed by atoms with Crippen LogP contribution in [-0.2, 0) is 24.1 Å². The highest BCUT2D eigenvalue weighted by Crippen LogP contribution is 2.36. The van der Waals surface area contributed by atoms with E-state index < -0.39 is 33.1 Å². The summed E-state index contributed by atoms with van der Waals surface area (Å²) in [6.07, 6.45) is -1.63. The molecule has 0 aliphatic heterocycles. The Hall–Kier alpha value is -3.40. The van der Waals surface area contributed by atoms with E-state index in [1.54, 1.807) is 19.1 Å². The van der Waals surface area contributed by atoms with Crippen molar-refractivity contribution in [1.82, 2.24) is 0 Å². The molecule has 0 fully saturated rings. The largest absolute Gasteiger partial charge is 0.453 e. The van der Waals surface area contributed by atoms with E-state index >= 15 is 0 Å². The van der Waals surface area contributed by atoms with Gasteiger partial charge in [-0.05, 0) is 44.2 Å². The van der Waals surface area contributed by atoms with E-state index in [4.69, 9.17) is 0 Å². The number of hydrogen-bond acceptors (Lipinski definition) is 7. The maximum absolute atomic E-state index is 13.3. The molecule has 1 atom stereocenters. The quantitative estimate of drug-likeness (QED) is 0.712. The maximum Gasteiger partial charge on any atom is 0.411 e. The number of methoxy groups -OCH3 is 2. The first-order chi connectivity index (χ1) is 14.1. The molecule has 9 nitrogen and oxygen atoms in total. The number of sulfone groups is 1. The number of hydrogen-bond donors (Lipinski definition) is 2. The number of nitrogens with one attached hydrogen (secondary N) is 2. The van der Waals surface area contributed by atoms with E-state index in [1.807, 2.05) is 0 Å². The van der Waals surface area contributed by atoms with Gasteiger partial charge < -0.3 is 9.47 Å². The molecule has 160 valence electrons. The van der Waals surface area contributed by atoms with E-state index in [2.05, 4.69) is 20.1 Å². The minimum atomic E-state index is -4.17. The van der Waals surface area contributed by atoms with E-state index in [-0.39, 0.29) is 21.8 Å². The van der Waals surface area contributed by atoms with Crippen LogP contribution >= 0.6 is 0 Å². The van der Waals surface area contributed by atoms with Gasteiger partial charge in [0.15, 0.2) is 20.9 Å². The van der Waals surface area contributed by atoms with Crippen molar-refractivity contribution in [2.24, 2.45) is 0 Å². The molecule has 0 saturated heterocycles. The highest BCUT2D eigenvalue weighted by atomic mass is 32.2. The number of benzene rings is 2. The topological polar surface area (TPSA) is 128 Å². The standard InChI is InChI=1S/C20H22N2O7S/c1-12-5-8-15(9-6-12)30(26,27)18(13(2)23)16-11-14(21-19(24)28-3)7-10-17(16)22-20(25)29-4/h5-11,18H,1-4H3,(H,21,24)(H,22,25). The Balaban J connectivity index is 2.67. The molecule has 2 N–H and O–H groups in total. The second-order valence-corrected chi connectivity index (χ2v) is 8.42. The minimum absolute atomic E-state index is 0.0256. The summed E-state index contributed by atoms with van der Waals surface area (Å²) >= 11 is 0. The van der Waals surface area contributed by atoms with E-state index in [9.17, 15) is 22.8 Å². The maximum atomic E-state index is 13.3. The van der Waals surface area contributed by atoms with E-state index in [0.717, 1.165) is 19.6 Å². The second-order valence-electron chi connectivity index (χ2n) is 6.38. The highest BCUT2D eigenvalue weighted by molar-refractivity contribution is 7.92. The van der Waals surface area contributed by atoms with Gasteiger partial charge in [0, 0.05) is 16.9 Å². The zero-order valence-corrected chi connectivity index (χ0v) is 17.7. The Morgan fingerprint density at radius 3 is 2.00 bits per heavy atom. The molecule has 2 rings (SSSR count). The third-order valence-corrected chi connectivity index (χ3v) is 6.35. The zero-order chi connectivity index (χ0) is 22.5. The fourth-order valence-electron chi connectivity index (χ4n) is 2.77. The number of carbonyl (C=O) groups is 3. The summed E-state index contributed by atoms with van der Waals surface area (Å²) in [7, 11) is -1.85. The van der Waals surface area contributed by atoms with E-state index in [1.165, 1.54) is 37.4 Å². The van der Waals surface area contributed by atoms with Gasteiger partial charge in [-0.3, -0.25) is 15.4 Å². The first kappa shape index (κ1) is 22.9. The fourth-order valence-corrected chi connectivity index (χ4v) is 4.52. The van der Waals surface area contributed by atoms with Crippen molar-refractivity contribution in [3.05, 3.63) is 53.6 Å². The molecule has 0 aliphatic rings. The van der Waals surface area contributed by atoms with Gasteiger partial charge in [-0.15, -0.1) is 0 Å². The third-order valence-electron chi connectivity index (χ3n) is 4.22. The van der Waals surface area contributed by atoms with Gasteiger partial charge in [0.2, 0.25) is 0 Å². The molecule has 10 heteroatoms. The highest BCUT2D eigenvalue weighted by Gasteiger charge is 2.35. The van der Waals surface area contributed by atoms with Gasteiger partial charge >= 0.3 is 12.2 Å². The van der Waals surface area contributed by atoms with Crippen LogP contribution in [0.1, 0.15) is 23.3 Å². The predicted molar refractivity (Wildman–Crippen MR) is 110 cm³/mol. The van der Waals surface area contributed by atoms with Crippen LogP contribution in [0.4, 0.5) is 21.0 Å². The lowest BCUT2D eigenvalue weighted by atomic mass is 10.1. The fraction of sp³-hybridized carbons (Fsp3) is 0.250. The number of rotatable bonds is 6. The van der Waals surface area contributed by atoms with Crippen LogP contribution < -0.4 is 10.6 Å². The van der Waals surface area contributed by atoms with Gasteiger partial charge in [0.05, 0.1) is 19.1 Å². The van der Waals surface area contributed by atoms with Crippen LogP contribution in [0.25, 0.3) is 0 Å². The Labute approximate surface area is 174 Å². The summed E-state index contributed by atoms with van der Waals surface area (Å²) in [5, 5.41) is 3.18. The second kappa shape index (κ2) is 9.40. The summed E-state index contributed by atoms with van der Waals surface area (Å²) in [6.45, 7) is 2.94. The molecule has 30 heavy (non-hydrogen) atoms. The van der Waals surface area contributed by atoms with Gasteiger partial charge in [-0.2, -0.15) is 0 Å². The van der Waals surface area contributed by atoms with E-state index in [0.29, 0.717) is 0 Å². The molecule has 0 radical (unpaired) electrons.